The minimum absolute atomic E-state index is 0.240. The van der Waals surface area contributed by atoms with E-state index in [0.29, 0.717) is 23.7 Å². The van der Waals surface area contributed by atoms with Crippen LogP contribution in [-0.2, 0) is 6.54 Å². The lowest BCUT2D eigenvalue weighted by Crippen LogP contribution is -2.51. The van der Waals surface area contributed by atoms with Gasteiger partial charge in [0.2, 0.25) is 0 Å². The van der Waals surface area contributed by atoms with Crippen molar-refractivity contribution < 1.29 is 4.39 Å². The van der Waals surface area contributed by atoms with Gasteiger partial charge >= 0.3 is 0 Å². The number of hydrogen-bond donors (Lipinski definition) is 1. The van der Waals surface area contributed by atoms with Crippen LogP contribution in [0.1, 0.15) is 38.7 Å². The zero-order valence-electron chi connectivity index (χ0n) is 10.9. The van der Waals surface area contributed by atoms with Gasteiger partial charge in [0.25, 0.3) is 0 Å². The predicted octanol–water partition coefficient (Wildman–Crippen LogP) is 3.75. The predicted molar refractivity (Wildman–Crippen MR) is 72.9 cm³/mol. The van der Waals surface area contributed by atoms with Gasteiger partial charge in [-0.05, 0) is 50.5 Å². The van der Waals surface area contributed by atoms with Crippen LogP contribution < -0.4 is 5.43 Å². The zero-order chi connectivity index (χ0) is 13.1. The molecule has 1 aromatic rings. The molecule has 0 spiro atoms. The van der Waals surface area contributed by atoms with E-state index >= 15 is 0 Å². The van der Waals surface area contributed by atoms with Crippen LogP contribution in [0.15, 0.2) is 18.2 Å². The van der Waals surface area contributed by atoms with Gasteiger partial charge in [-0.1, -0.05) is 18.0 Å². The summed E-state index contributed by atoms with van der Waals surface area (Å²) in [7, 11) is 0. The molecule has 0 radical (unpaired) electrons. The van der Waals surface area contributed by atoms with Gasteiger partial charge in [-0.2, -0.15) is 0 Å². The Kier molecular flexibility index (Phi) is 4.60. The number of benzene rings is 1. The van der Waals surface area contributed by atoms with E-state index in [-0.39, 0.29) is 5.82 Å². The van der Waals surface area contributed by atoms with Gasteiger partial charge in [0.05, 0.1) is 0 Å². The molecule has 2 rings (SSSR count). The lowest BCUT2D eigenvalue weighted by molar-refractivity contribution is 0.0435. The molecule has 1 aliphatic rings. The molecule has 0 bridgehead atoms. The molecular weight excluding hydrogens is 251 g/mol. The summed E-state index contributed by atoms with van der Waals surface area (Å²) in [5.41, 5.74) is 4.19. The first-order valence-corrected chi connectivity index (χ1v) is 6.91. The molecule has 4 heteroatoms. The summed E-state index contributed by atoms with van der Waals surface area (Å²) >= 11 is 6.06. The van der Waals surface area contributed by atoms with Gasteiger partial charge in [-0.15, -0.1) is 0 Å². The van der Waals surface area contributed by atoms with Crippen molar-refractivity contribution in [2.75, 3.05) is 0 Å². The van der Waals surface area contributed by atoms with Crippen molar-refractivity contribution in [2.45, 2.75) is 51.7 Å². The largest absolute Gasteiger partial charge is 0.250 e. The van der Waals surface area contributed by atoms with Crippen molar-refractivity contribution in [1.82, 2.24) is 10.4 Å². The fraction of sp³-hybridized carbons (Fsp3) is 0.571. The highest BCUT2D eigenvalue weighted by molar-refractivity contribution is 6.31. The minimum Gasteiger partial charge on any atom is -0.250 e. The Morgan fingerprint density at radius 1 is 1.33 bits per heavy atom. The van der Waals surface area contributed by atoms with Crippen LogP contribution in [0.25, 0.3) is 0 Å². The summed E-state index contributed by atoms with van der Waals surface area (Å²) < 4.78 is 13.2. The molecule has 2 unspecified atom stereocenters. The molecular formula is C14H20ClFN2. The summed E-state index contributed by atoms with van der Waals surface area (Å²) in [6.45, 7) is 5.01. The van der Waals surface area contributed by atoms with Gasteiger partial charge in [-0.25, -0.2) is 9.40 Å². The lowest BCUT2D eigenvalue weighted by Gasteiger charge is -2.39. The van der Waals surface area contributed by atoms with E-state index in [0.717, 1.165) is 5.56 Å². The molecule has 0 aromatic heterocycles. The molecule has 1 N–H and O–H groups in total. The van der Waals surface area contributed by atoms with Crippen molar-refractivity contribution in [2.24, 2.45) is 0 Å². The average Bonchev–Trinajstić information content (AvgIpc) is 2.33. The lowest BCUT2D eigenvalue weighted by atomic mass is 10.00. The molecule has 1 fully saturated rings. The number of hydrazine groups is 1. The molecule has 100 valence electrons. The van der Waals surface area contributed by atoms with Crippen molar-refractivity contribution in [3.05, 3.63) is 34.6 Å². The second-order valence-electron chi connectivity index (χ2n) is 5.11. The van der Waals surface area contributed by atoms with Crippen LogP contribution in [-0.4, -0.2) is 17.1 Å². The van der Waals surface area contributed by atoms with E-state index in [1.165, 1.54) is 31.4 Å². The van der Waals surface area contributed by atoms with Gasteiger partial charge in [0.15, 0.2) is 0 Å². The van der Waals surface area contributed by atoms with Crippen molar-refractivity contribution in [3.8, 4) is 0 Å². The van der Waals surface area contributed by atoms with Crippen molar-refractivity contribution >= 4 is 11.6 Å². The number of nitrogens with zero attached hydrogens (tertiary/aromatic N) is 1. The molecule has 0 amide bonds. The number of nitrogens with one attached hydrogen (secondary N) is 1. The monoisotopic (exact) mass is 270 g/mol. The Hall–Kier alpha value is -0.640. The quantitative estimate of drug-likeness (QED) is 0.900. The number of halogens is 2. The van der Waals surface area contributed by atoms with Crippen molar-refractivity contribution in [1.29, 1.82) is 0 Å². The van der Waals surface area contributed by atoms with Crippen LogP contribution >= 0.6 is 11.6 Å². The average molecular weight is 271 g/mol. The van der Waals surface area contributed by atoms with E-state index in [1.807, 2.05) is 0 Å². The second-order valence-corrected chi connectivity index (χ2v) is 5.51. The SMILES string of the molecule is CC1CCCC(C)N1NCc1cc(F)ccc1Cl. The topological polar surface area (TPSA) is 15.3 Å². The van der Waals surface area contributed by atoms with E-state index in [4.69, 9.17) is 11.6 Å². The Balaban J connectivity index is 1.99. The van der Waals surface area contributed by atoms with Gasteiger partial charge in [0.1, 0.15) is 5.82 Å². The number of piperidine rings is 1. The zero-order valence-corrected chi connectivity index (χ0v) is 11.7. The molecule has 1 saturated heterocycles. The van der Waals surface area contributed by atoms with E-state index in [2.05, 4.69) is 24.3 Å². The minimum atomic E-state index is -0.240. The van der Waals surface area contributed by atoms with E-state index in [9.17, 15) is 4.39 Å². The van der Waals surface area contributed by atoms with Crippen LogP contribution in [0.2, 0.25) is 5.02 Å². The Morgan fingerprint density at radius 2 is 2.00 bits per heavy atom. The third-order valence-electron chi connectivity index (χ3n) is 3.65. The number of hydrogen-bond acceptors (Lipinski definition) is 2. The summed E-state index contributed by atoms with van der Waals surface area (Å²) in [4.78, 5) is 0. The standard InChI is InChI=1S/C14H20ClFN2/c1-10-4-3-5-11(2)18(10)17-9-12-8-13(16)6-7-14(12)15/h6-8,10-11,17H,3-5,9H2,1-2H3. The Bertz CT molecular complexity index is 401. The van der Waals surface area contributed by atoms with Gasteiger partial charge < -0.3 is 0 Å². The fourth-order valence-corrected chi connectivity index (χ4v) is 2.77. The maximum Gasteiger partial charge on any atom is 0.123 e. The maximum absolute atomic E-state index is 13.2. The first kappa shape index (κ1) is 13.8. The molecule has 18 heavy (non-hydrogen) atoms. The first-order chi connectivity index (χ1) is 8.58. The molecule has 0 aliphatic carbocycles. The normalized spacial score (nSPS) is 25.3. The van der Waals surface area contributed by atoms with Crippen LogP contribution in [0.4, 0.5) is 4.39 Å². The number of rotatable bonds is 3. The van der Waals surface area contributed by atoms with Crippen LogP contribution in [0.3, 0.4) is 0 Å². The molecule has 2 atom stereocenters. The molecule has 2 nitrogen and oxygen atoms in total. The van der Waals surface area contributed by atoms with E-state index < -0.39 is 0 Å². The fourth-order valence-electron chi connectivity index (χ4n) is 2.59. The third-order valence-corrected chi connectivity index (χ3v) is 4.02. The third kappa shape index (κ3) is 3.22. The Labute approximate surface area is 113 Å². The first-order valence-electron chi connectivity index (χ1n) is 6.53. The highest BCUT2D eigenvalue weighted by Crippen LogP contribution is 2.22. The molecule has 1 heterocycles. The molecule has 1 aliphatic heterocycles. The molecule has 1 aromatic carbocycles. The van der Waals surface area contributed by atoms with Crippen molar-refractivity contribution in [3.63, 3.8) is 0 Å². The highest BCUT2D eigenvalue weighted by atomic mass is 35.5. The van der Waals surface area contributed by atoms with Crippen LogP contribution in [0.5, 0.6) is 0 Å². The Morgan fingerprint density at radius 3 is 2.67 bits per heavy atom. The van der Waals surface area contributed by atoms with E-state index in [1.54, 1.807) is 6.07 Å². The van der Waals surface area contributed by atoms with Gasteiger partial charge in [-0.3, -0.25) is 5.43 Å². The van der Waals surface area contributed by atoms with Gasteiger partial charge in [0, 0.05) is 23.7 Å². The molecule has 0 saturated carbocycles. The second kappa shape index (κ2) is 6.00. The summed E-state index contributed by atoms with van der Waals surface area (Å²) in [6.07, 6.45) is 3.68. The van der Waals surface area contributed by atoms with Crippen LogP contribution in [0, 0.1) is 5.82 Å². The highest BCUT2D eigenvalue weighted by Gasteiger charge is 2.24. The maximum atomic E-state index is 13.2. The smallest absolute Gasteiger partial charge is 0.123 e. The summed E-state index contributed by atoms with van der Waals surface area (Å²) in [6, 6.07) is 5.52. The summed E-state index contributed by atoms with van der Waals surface area (Å²) in [5, 5.41) is 2.88. The summed E-state index contributed by atoms with van der Waals surface area (Å²) in [5.74, 6) is -0.240.